The second kappa shape index (κ2) is 7.95. The smallest absolute Gasteiger partial charge is 0.387 e. The number of hydrogen-bond donors (Lipinski definition) is 1. The molecule has 0 aliphatic rings. The molecule has 0 saturated carbocycles. The first-order valence-corrected chi connectivity index (χ1v) is 8.92. The van der Waals surface area contributed by atoms with E-state index in [0.717, 1.165) is 12.3 Å². The molecule has 31 heavy (non-hydrogen) atoms. The van der Waals surface area contributed by atoms with Gasteiger partial charge in [-0.15, -0.1) is 0 Å². The molecule has 0 fully saturated rings. The van der Waals surface area contributed by atoms with E-state index in [1.54, 1.807) is 6.92 Å². The molecule has 0 radical (unpaired) electrons. The summed E-state index contributed by atoms with van der Waals surface area (Å²) in [6.07, 6.45) is 1.09. The van der Waals surface area contributed by atoms with Crippen LogP contribution in [0, 0.1) is 29.9 Å². The van der Waals surface area contributed by atoms with E-state index >= 15 is 0 Å². The number of hydrogen-bond acceptors (Lipinski definition) is 5. The van der Waals surface area contributed by atoms with Crippen molar-refractivity contribution in [3.63, 3.8) is 0 Å². The van der Waals surface area contributed by atoms with Crippen molar-refractivity contribution in [2.45, 2.75) is 13.5 Å². The molecule has 0 aliphatic carbocycles. The minimum atomic E-state index is -2.93. The van der Waals surface area contributed by atoms with Crippen molar-refractivity contribution in [2.24, 2.45) is 0 Å². The van der Waals surface area contributed by atoms with E-state index in [2.05, 4.69) is 20.0 Å². The van der Waals surface area contributed by atoms with Crippen LogP contribution in [0.4, 0.5) is 29.1 Å². The van der Waals surface area contributed by atoms with Crippen LogP contribution in [0.25, 0.3) is 17.0 Å². The van der Waals surface area contributed by atoms with Crippen LogP contribution in [0.1, 0.15) is 11.3 Å². The summed E-state index contributed by atoms with van der Waals surface area (Å²) >= 11 is 0. The van der Waals surface area contributed by atoms with Gasteiger partial charge >= 0.3 is 6.61 Å². The Hall–Kier alpha value is -4.13. The molecule has 1 N–H and O–H groups in total. The van der Waals surface area contributed by atoms with Gasteiger partial charge in [0.1, 0.15) is 17.4 Å². The van der Waals surface area contributed by atoms with Crippen LogP contribution in [0.5, 0.6) is 5.75 Å². The predicted molar refractivity (Wildman–Crippen MR) is 104 cm³/mol. The lowest BCUT2D eigenvalue weighted by Gasteiger charge is -2.10. The number of benzene rings is 1. The maximum Gasteiger partial charge on any atom is 0.387 e. The van der Waals surface area contributed by atoms with Crippen molar-refractivity contribution in [3.05, 3.63) is 71.6 Å². The van der Waals surface area contributed by atoms with E-state index < -0.39 is 18.2 Å². The molecule has 0 saturated heterocycles. The molecule has 10 heteroatoms. The molecular formula is C21H13F4N5O. The number of ether oxygens (including phenoxy) is 1. The van der Waals surface area contributed by atoms with Crippen molar-refractivity contribution >= 4 is 17.2 Å². The Bertz CT molecular complexity index is 1310. The molecule has 0 bridgehead atoms. The average molecular weight is 427 g/mol. The number of pyridine rings is 2. The average Bonchev–Trinajstić information content (AvgIpc) is 3.05. The first kappa shape index (κ1) is 20.2. The number of anilines is 2. The van der Waals surface area contributed by atoms with E-state index in [9.17, 15) is 22.8 Å². The second-order valence-electron chi connectivity index (χ2n) is 6.51. The molecule has 3 heterocycles. The van der Waals surface area contributed by atoms with Gasteiger partial charge in [0.15, 0.2) is 11.5 Å². The van der Waals surface area contributed by atoms with Crippen LogP contribution in [0.15, 0.2) is 48.7 Å². The Kier molecular flexibility index (Phi) is 5.17. The van der Waals surface area contributed by atoms with E-state index in [1.807, 2.05) is 6.07 Å². The number of nitriles is 1. The molecule has 0 atom stereocenters. The van der Waals surface area contributed by atoms with Gasteiger partial charge in [0.25, 0.3) is 0 Å². The lowest BCUT2D eigenvalue weighted by molar-refractivity contribution is -0.0498. The van der Waals surface area contributed by atoms with Gasteiger partial charge < -0.3 is 10.1 Å². The minimum Gasteiger partial charge on any atom is -0.435 e. The molecule has 0 amide bonds. The van der Waals surface area contributed by atoms with E-state index in [0.29, 0.717) is 17.1 Å². The number of fused-ring (bicyclic) bond motifs is 1. The first-order chi connectivity index (χ1) is 14.8. The molecule has 0 unspecified atom stereocenters. The standard InChI is InChI=1S/C21H13F4N5O/c1-11-19(30-10-13(22)8-16(23)20(30)27-11)17-6-12(9-26)7-18(29-17)28-14-2-4-15(5-3-14)31-21(24)25/h2-8,10,21H,1H3,(H,28,29). The number of aromatic nitrogens is 3. The van der Waals surface area contributed by atoms with Crippen LogP contribution in [-0.4, -0.2) is 21.0 Å². The van der Waals surface area contributed by atoms with Gasteiger partial charge in [-0.1, -0.05) is 0 Å². The summed E-state index contributed by atoms with van der Waals surface area (Å²) in [5.74, 6) is -1.35. The Morgan fingerprint density at radius 2 is 1.84 bits per heavy atom. The molecule has 6 nitrogen and oxygen atoms in total. The highest BCUT2D eigenvalue weighted by Gasteiger charge is 2.18. The number of halogens is 4. The monoisotopic (exact) mass is 427 g/mol. The van der Waals surface area contributed by atoms with Gasteiger partial charge in [-0.25, -0.2) is 18.7 Å². The summed E-state index contributed by atoms with van der Waals surface area (Å²) in [4.78, 5) is 8.58. The fourth-order valence-corrected chi connectivity index (χ4v) is 3.14. The highest BCUT2D eigenvalue weighted by molar-refractivity contribution is 5.69. The SMILES string of the molecule is Cc1nc2c(F)cc(F)cn2c1-c1cc(C#N)cc(Nc2ccc(OC(F)F)cc2)n1. The first-order valence-electron chi connectivity index (χ1n) is 8.92. The predicted octanol–water partition coefficient (Wildman–Crippen LogP) is 5.20. The lowest BCUT2D eigenvalue weighted by Crippen LogP contribution is -2.02. The topological polar surface area (TPSA) is 75.2 Å². The Balaban J connectivity index is 1.75. The Labute approximate surface area is 173 Å². The maximum atomic E-state index is 14.1. The van der Waals surface area contributed by atoms with Gasteiger partial charge in [-0.3, -0.25) is 4.40 Å². The van der Waals surface area contributed by atoms with Crippen LogP contribution < -0.4 is 10.1 Å². The number of rotatable bonds is 5. The third kappa shape index (κ3) is 4.11. The number of nitrogens with zero attached hydrogens (tertiary/aromatic N) is 4. The molecule has 4 aromatic rings. The highest BCUT2D eigenvalue weighted by Crippen LogP contribution is 2.28. The van der Waals surface area contributed by atoms with Crippen molar-refractivity contribution < 1.29 is 22.3 Å². The summed E-state index contributed by atoms with van der Waals surface area (Å²) in [7, 11) is 0. The lowest BCUT2D eigenvalue weighted by atomic mass is 10.1. The number of imidazole rings is 1. The van der Waals surface area contributed by atoms with Crippen molar-refractivity contribution in [3.8, 4) is 23.2 Å². The van der Waals surface area contributed by atoms with Crippen LogP contribution in [0.2, 0.25) is 0 Å². The van der Waals surface area contributed by atoms with Crippen molar-refractivity contribution in [1.82, 2.24) is 14.4 Å². The summed E-state index contributed by atoms with van der Waals surface area (Å²) in [5.41, 5.74) is 1.68. The van der Waals surface area contributed by atoms with Crippen molar-refractivity contribution in [2.75, 3.05) is 5.32 Å². The summed E-state index contributed by atoms with van der Waals surface area (Å²) < 4.78 is 58.0. The van der Waals surface area contributed by atoms with Crippen LogP contribution in [0.3, 0.4) is 0 Å². The third-order valence-electron chi connectivity index (χ3n) is 4.37. The fourth-order valence-electron chi connectivity index (χ4n) is 3.14. The van der Waals surface area contributed by atoms with E-state index in [-0.39, 0.29) is 28.5 Å². The normalized spacial score (nSPS) is 11.0. The fraction of sp³-hybridized carbons (Fsp3) is 0.0952. The van der Waals surface area contributed by atoms with Gasteiger partial charge in [-0.05, 0) is 43.3 Å². The summed E-state index contributed by atoms with van der Waals surface area (Å²) in [5, 5.41) is 12.4. The third-order valence-corrected chi connectivity index (χ3v) is 4.37. The van der Waals surface area contributed by atoms with Gasteiger partial charge in [0.2, 0.25) is 0 Å². The minimum absolute atomic E-state index is 0.00891. The van der Waals surface area contributed by atoms with Crippen LogP contribution in [-0.2, 0) is 0 Å². The number of nitrogens with one attached hydrogen (secondary N) is 1. The number of alkyl halides is 2. The zero-order valence-electron chi connectivity index (χ0n) is 15.9. The Morgan fingerprint density at radius 3 is 2.52 bits per heavy atom. The zero-order valence-corrected chi connectivity index (χ0v) is 15.9. The highest BCUT2D eigenvalue weighted by atomic mass is 19.3. The second-order valence-corrected chi connectivity index (χ2v) is 6.51. The molecule has 0 spiro atoms. The largest absolute Gasteiger partial charge is 0.435 e. The molecule has 156 valence electrons. The summed E-state index contributed by atoms with van der Waals surface area (Å²) in [6.45, 7) is -1.31. The molecule has 4 rings (SSSR count). The van der Waals surface area contributed by atoms with Gasteiger partial charge in [-0.2, -0.15) is 14.0 Å². The zero-order chi connectivity index (χ0) is 22.1. The molecule has 1 aromatic carbocycles. The maximum absolute atomic E-state index is 14.1. The molecular weight excluding hydrogens is 414 g/mol. The molecule has 3 aromatic heterocycles. The van der Waals surface area contributed by atoms with E-state index in [1.165, 1.54) is 40.8 Å². The van der Waals surface area contributed by atoms with E-state index in [4.69, 9.17) is 0 Å². The van der Waals surface area contributed by atoms with Crippen LogP contribution >= 0.6 is 0 Å². The Morgan fingerprint density at radius 1 is 1.10 bits per heavy atom. The quantitative estimate of drug-likeness (QED) is 0.443. The van der Waals surface area contributed by atoms with Gasteiger partial charge in [0.05, 0.1) is 28.7 Å². The number of aryl methyl sites for hydroxylation is 1. The molecule has 0 aliphatic heterocycles. The van der Waals surface area contributed by atoms with Gasteiger partial charge in [0, 0.05) is 18.0 Å². The summed E-state index contributed by atoms with van der Waals surface area (Å²) in [6, 6.07) is 11.4. The van der Waals surface area contributed by atoms with Crippen molar-refractivity contribution in [1.29, 1.82) is 5.26 Å².